The first-order valence-electron chi connectivity index (χ1n) is 8.18. The highest BCUT2D eigenvalue weighted by Gasteiger charge is 2.26. The Labute approximate surface area is 164 Å². The minimum absolute atomic E-state index is 0. The molecule has 4 nitrogen and oxygen atoms in total. The molecule has 0 bridgehead atoms. The van der Waals surface area contributed by atoms with Gasteiger partial charge in [0, 0.05) is 30.7 Å². The number of hydrogen-bond donors (Lipinski definition) is 1. The normalized spacial score (nSPS) is 16.2. The molecule has 0 amide bonds. The Morgan fingerprint density at radius 1 is 1.12 bits per heavy atom. The van der Waals surface area contributed by atoms with Crippen LogP contribution in [0.4, 0.5) is 4.39 Å². The van der Waals surface area contributed by atoms with E-state index in [1.54, 1.807) is 0 Å². The number of rotatable bonds is 5. The fourth-order valence-corrected chi connectivity index (χ4v) is 4.55. The summed E-state index contributed by atoms with van der Waals surface area (Å²) in [5.74, 6) is -0.832. The van der Waals surface area contributed by atoms with Crippen molar-refractivity contribution in [2.24, 2.45) is 0 Å². The largest absolute Gasteiger partial charge is 0.299 e. The first kappa shape index (κ1) is 21.1. The highest BCUT2D eigenvalue weighted by molar-refractivity contribution is 7.89. The molecule has 1 aliphatic rings. The van der Waals surface area contributed by atoms with Crippen LogP contribution in [0.25, 0.3) is 0 Å². The molecule has 1 N–H and O–H groups in total. The van der Waals surface area contributed by atoms with Gasteiger partial charge in [-0.05, 0) is 36.6 Å². The number of sulfonamides is 1. The van der Waals surface area contributed by atoms with E-state index in [9.17, 15) is 12.8 Å². The predicted octanol–water partition coefficient (Wildman–Crippen LogP) is 3.84. The lowest BCUT2D eigenvalue weighted by atomic mass is 10.1. The molecule has 0 radical (unpaired) electrons. The van der Waals surface area contributed by atoms with E-state index in [2.05, 4.69) is 21.8 Å². The fraction of sp³-hybridized carbons (Fsp3) is 0.333. The molecule has 1 heterocycles. The van der Waals surface area contributed by atoms with Crippen LogP contribution < -0.4 is 4.72 Å². The summed E-state index contributed by atoms with van der Waals surface area (Å²) in [6.45, 7) is 2.45. The van der Waals surface area contributed by atoms with Gasteiger partial charge in [0.2, 0.25) is 10.0 Å². The predicted molar refractivity (Wildman–Crippen MR) is 104 cm³/mol. The van der Waals surface area contributed by atoms with Gasteiger partial charge in [0.15, 0.2) is 0 Å². The van der Waals surface area contributed by atoms with Crippen molar-refractivity contribution in [3.8, 4) is 0 Å². The highest BCUT2D eigenvalue weighted by Crippen LogP contribution is 2.21. The molecule has 0 spiro atoms. The summed E-state index contributed by atoms with van der Waals surface area (Å²) < 4.78 is 41.3. The highest BCUT2D eigenvalue weighted by atomic mass is 35.5. The third kappa shape index (κ3) is 5.41. The van der Waals surface area contributed by atoms with Crippen LogP contribution in [-0.2, 0) is 16.6 Å². The van der Waals surface area contributed by atoms with Gasteiger partial charge in [0.1, 0.15) is 10.7 Å². The molecule has 3 rings (SSSR count). The standard InChI is InChI=1S/C18H20ClFN2O2S.ClH/c19-15-6-7-18(17(20)12-15)25(23,24)21-16-8-10-22(11-9-16)13-14-4-2-1-3-5-14;/h1-7,12,16,21H,8-11,13H2;1H. The Balaban J connectivity index is 0.00000243. The molecule has 1 aliphatic heterocycles. The topological polar surface area (TPSA) is 49.4 Å². The van der Waals surface area contributed by atoms with Crippen molar-refractivity contribution >= 4 is 34.0 Å². The summed E-state index contributed by atoms with van der Waals surface area (Å²) in [4.78, 5) is 1.94. The average molecular weight is 419 g/mol. The maximum Gasteiger partial charge on any atom is 0.243 e. The van der Waals surface area contributed by atoms with Gasteiger partial charge < -0.3 is 0 Å². The summed E-state index contributed by atoms with van der Waals surface area (Å²) in [7, 11) is -3.89. The third-order valence-corrected chi connectivity index (χ3v) is 6.13. The number of hydrogen-bond acceptors (Lipinski definition) is 3. The quantitative estimate of drug-likeness (QED) is 0.801. The maximum absolute atomic E-state index is 13.9. The van der Waals surface area contributed by atoms with E-state index in [-0.39, 0.29) is 28.4 Å². The Morgan fingerprint density at radius 3 is 2.38 bits per heavy atom. The van der Waals surface area contributed by atoms with Crippen molar-refractivity contribution in [1.29, 1.82) is 0 Å². The molecule has 1 fully saturated rings. The van der Waals surface area contributed by atoms with Gasteiger partial charge in [0.05, 0.1) is 0 Å². The van der Waals surface area contributed by atoms with E-state index in [0.717, 1.165) is 25.7 Å². The second kappa shape index (κ2) is 9.15. The number of halogens is 3. The molecule has 142 valence electrons. The summed E-state index contributed by atoms with van der Waals surface area (Å²) in [6, 6.07) is 13.6. The minimum atomic E-state index is -3.89. The lowest BCUT2D eigenvalue weighted by molar-refractivity contribution is 0.200. The van der Waals surface area contributed by atoms with Gasteiger partial charge in [-0.1, -0.05) is 41.9 Å². The molecule has 0 saturated carbocycles. The number of piperidine rings is 1. The molecule has 2 aromatic carbocycles. The van der Waals surface area contributed by atoms with E-state index >= 15 is 0 Å². The smallest absolute Gasteiger partial charge is 0.243 e. The Hall–Kier alpha value is -1.18. The summed E-state index contributed by atoms with van der Waals surface area (Å²) in [6.07, 6.45) is 1.39. The first-order valence-corrected chi connectivity index (χ1v) is 10.0. The van der Waals surface area contributed by atoms with E-state index in [4.69, 9.17) is 11.6 Å². The lowest BCUT2D eigenvalue weighted by Gasteiger charge is -2.32. The Kier molecular flexibility index (Phi) is 7.43. The summed E-state index contributed by atoms with van der Waals surface area (Å²) in [5, 5.41) is 0.172. The zero-order valence-corrected chi connectivity index (χ0v) is 16.5. The molecule has 1 saturated heterocycles. The van der Waals surface area contributed by atoms with Crippen molar-refractivity contribution in [3.63, 3.8) is 0 Å². The van der Waals surface area contributed by atoms with Gasteiger partial charge in [-0.2, -0.15) is 0 Å². The zero-order valence-electron chi connectivity index (χ0n) is 14.1. The first-order chi connectivity index (χ1) is 11.9. The van der Waals surface area contributed by atoms with E-state index in [0.29, 0.717) is 12.8 Å². The van der Waals surface area contributed by atoms with Gasteiger partial charge in [-0.15, -0.1) is 12.4 Å². The monoisotopic (exact) mass is 418 g/mol. The van der Waals surface area contributed by atoms with E-state index < -0.39 is 15.8 Å². The van der Waals surface area contributed by atoms with Gasteiger partial charge in [-0.25, -0.2) is 17.5 Å². The van der Waals surface area contributed by atoms with Crippen molar-refractivity contribution in [2.75, 3.05) is 13.1 Å². The molecule has 2 aromatic rings. The minimum Gasteiger partial charge on any atom is -0.299 e. The zero-order chi connectivity index (χ0) is 17.9. The second-order valence-electron chi connectivity index (χ2n) is 6.23. The number of nitrogens with one attached hydrogen (secondary N) is 1. The van der Waals surface area contributed by atoms with Crippen molar-refractivity contribution in [3.05, 3.63) is 64.9 Å². The number of likely N-dealkylation sites (tertiary alicyclic amines) is 1. The van der Waals surface area contributed by atoms with Gasteiger partial charge in [-0.3, -0.25) is 4.90 Å². The molecule has 0 unspecified atom stereocenters. The van der Waals surface area contributed by atoms with Crippen LogP contribution in [-0.4, -0.2) is 32.4 Å². The van der Waals surface area contributed by atoms with E-state index in [1.807, 2.05) is 18.2 Å². The van der Waals surface area contributed by atoms with Crippen molar-refractivity contribution in [1.82, 2.24) is 9.62 Å². The molecule has 0 atom stereocenters. The Morgan fingerprint density at radius 2 is 1.77 bits per heavy atom. The maximum atomic E-state index is 13.9. The fourth-order valence-electron chi connectivity index (χ4n) is 3.03. The number of nitrogens with zero attached hydrogens (tertiary/aromatic N) is 1. The molecule has 0 aromatic heterocycles. The third-order valence-electron chi connectivity index (χ3n) is 4.34. The summed E-state index contributed by atoms with van der Waals surface area (Å²) >= 11 is 5.68. The van der Waals surface area contributed by atoms with Gasteiger partial charge >= 0.3 is 0 Å². The molecule has 8 heteroatoms. The van der Waals surface area contributed by atoms with Crippen molar-refractivity contribution in [2.45, 2.75) is 30.3 Å². The molecule has 26 heavy (non-hydrogen) atoms. The van der Waals surface area contributed by atoms with Crippen LogP contribution in [0.3, 0.4) is 0 Å². The van der Waals surface area contributed by atoms with Crippen LogP contribution in [0.1, 0.15) is 18.4 Å². The average Bonchev–Trinajstić information content (AvgIpc) is 2.57. The van der Waals surface area contributed by atoms with E-state index in [1.165, 1.54) is 17.7 Å². The molecular weight excluding hydrogens is 398 g/mol. The van der Waals surface area contributed by atoms with Crippen LogP contribution in [0.15, 0.2) is 53.4 Å². The van der Waals surface area contributed by atoms with Crippen molar-refractivity contribution < 1.29 is 12.8 Å². The molecule has 0 aliphatic carbocycles. The second-order valence-corrected chi connectivity index (χ2v) is 8.35. The number of benzene rings is 2. The summed E-state index contributed by atoms with van der Waals surface area (Å²) in [5.41, 5.74) is 1.24. The van der Waals surface area contributed by atoms with Crippen LogP contribution in [0.5, 0.6) is 0 Å². The Bertz CT molecular complexity index is 826. The lowest BCUT2D eigenvalue weighted by Crippen LogP contribution is -2.44. The SMILES string of the molecule is Cl.O=S(=O)(NC1CCN(Cc2ccccc2)CC1)c1ccc(Cl)cc1F. The molecular formula is C18H21Cl2FN2O2S. The van der Waals surface area contributed by atoms with Crippen LogP contribution in [0, 0.1) is 5.82 Å². The van der Waals surface area contributed by atoms with Crippen LogP contribution >= 0.6 is 24.0 Å². The van der Waals surface area contributed by atoms with Gasteiger partial charge in [0.25, 0.3) is 0 Å². The van der Waals surface area contributed by atoms with Crippen LogP contribution in [0.2, 0.25) is 5.02 Å².